The predicted octanol–water partition coefficient (Wildman–Crippen LogP) is 6.59. The molecule has 0 aromatic rings. The SMILES string of the molecule is CC1CCCC(C)(C)CCC1.CCCCCC. The summed E-state index contributed by atoms with van der Waals surface area (Å²) in [5.41, 5.74) is 0.639. The van der Waals surface area contributed by atoms with Crippen molar-refractivity contribution in [2.45, 2.75) is 98.8 Å². The Bertz CT molecular complexity index is 141. The number of rotatable bonds is 3. The molecular weight excluding hydrogens is 204 g/mol. The third kappa shape index (κ3) is 10.9. The van der Waals surface area contributed by atoms with Crippen LogP contribution in [0.1, 0.15) is 98.8 Å². The van der Waals surface area contributed by atoms with Gasteiger partial charge < -0.3 is 0 Å². The summed E-state index contributed by atoms with van der Waals surface area (Å²) in [6.45, 7) is 11.7. The third-order valence-corrected chi connectivity index (χ3v) is 4.06. The van der Waals surface area contributed by atoms with Crippen molar-refractivity contribution in [3.63, 3.8) is 0 Å². The molecule has 0 nitrogen and oxygen atoms in total. The van der Waals surface area contributed by atoms with Gasteiger partial charge in [-0.15, -0.1) is 0 Å². The summed E-state index contributed by atoms with van der Waals surface area (Å²) in [4.78, 5) is 0. The van der Waals surface area contributed by atoms with Crippen LogP contribution in [0, 0.1) is 11.3 Å². The first-order valence-corrected chi connectivity index (χ1v) is 8.02. The van der Waals surface area contributed by atoms with Gasteiger partial charge in [0, 0.05) is 0 Å². The monoisotopic (exact) mass is 240 g/mol. The smallest absolute Gasteiger partial charge is 0.0354 e. The van der Waals surface area contributed by atoms with Crippen LogP contribution in [0.5, 0.6) is 0 Å². The van der Waals surface area contributed by atoms with E-state index in [0.717, 1.165) is 5.92 Å². The highest BCUT2D eigenvalue weighted by molar-refractivity contribution is 4.72. The van der Waals surface area contributed by atoms with E-state index in [2.05, 4.69) is 34.6 Å². The summed E-state index contributed by atoms with van der Waals surface area (Å²) < 4.78 is 0. The lowest BCUT2D eigenvalue weighted by Crippen LogP contribution is -2.14. The van der Waals surface area contributed by atoms with E-state index >= 15 is 0 Å². The first-order chi connectivity index (χ1) is 8.02. The van der Waals surface area contributed by atoms with Crippen LogP contribution in [0.2, 0.25) is 0 Å². The van der Waals surface area contributed by atoms with Crippen LogP contribution in [-0.2, 0) is 0 Å². The van der Waals surface area contributed by atoms with Crippen LogP contribution in [0.3, 0.4) is 0 Å². The van der Waals surface area contributed by atoms with E-state index in [9.17, 15) is 0 Å². The molecule has 0 amide bonds. The minimum atomic E-state index is 0.639. The summed E-state index contributed by atoms with van der Waals surface area (Å²) in [5, 5.41) is 0. The average molecular weight is 240 g/mol. The van der Waals surface area contributed by atoms with Gasteiger partial charge in [0.25, 0.3) is 0 Å². The molecule has 0 atom stereocenters. The molecule has 17 heavy (non-hydrogen) atoms. The summed E-state index contributed by atoms with van der Waals surface area (Å²) in [6.07, 6.45) is 14.2. The fourth-order valence-electron chi connectivity index (χ4n) is 2.63. The maximum absolute atomic E-state index is 2.42. The molecule has 0 spiro atoms. The first-order valence-electron chi connectivity index (χ1n) is 8.02. The molecule has 0 unspecified atom stereocenters. The second-order valence-corrected chi connectivity index (χ2v) is 6.76. The van der Waals surface area contributed by atoms with Crippen molar-refractivity contribution < 1.29 is 0 Å². The molecule has 1 saturated carbocycles. The van der Waals surface area contributed by atoms with Crippen LogP contribution in [-0.4, -0.2) is 0 Å². The minimum absolute atomic E-state index is 0.639. The summed E-state index contributed by atoms with van der Waals surface area (Å²) in [6, 6.07) is 0. The lowest BCUT2D eigenvalue weighted by molar-refractivity contribution is 0.243. The Morgan fingerprint density at radius 3 is 1.65 bits per heavy atom. The van der Waals surface area contributed by atoms with Crippen LogP contribution in [0.4, 0.5) is 0 Å². The van der Waals surface area contributed by atoms with Crippen LogP contribution < -0.4 is 0 Å². The predicted molar refractivity (Wildman–Crippen MR) is 80.5 cm³/mol. The molecule has 1 rings (SSSR count). The van der Waals surface area contributed by atoms with Crippen molar-refractivity contribution in [3.8, 4) is 0 Å². The Morgan fingerprint density at radius 1 is 0.882 bits per heavy atom. The van der Waals surface area contributed by atoms with E-state index in [1.165, 1.54) is 64.2 Å². The Morgan fingerprint density at radius 2 is 1.29 bits per heavy atom. The standard InChI is InChI=1S/C11H22.C6H14/c1-10-6-4-8-11(2,3)9-5-7-10;1-3-5-6-4-2/h10H,4-9H2,1-3H3;3-6H2,1-2H3. The highest BCUT2D eigenvalue weighted by Crippen LogP contribution is 2.34. The van der Waals surface area contributed by atoms with Gasteiger partial charge >= 0.3 is 0 Å². The van der Waals surface area contributed by atoms with Crippen molar-refractivity contribution >= 4 is 0 Å². The zero-order valence-electron chi connectivity index (χ0n) is 13.1. The lowest BCUT2D eigenvalue weighted by Gasteiger charge is -2.28. The van der Waals surface area contributed by atoms with Crippen molar-refractivity contribution in [2.24, 2.45) is 11.3 Å². The molecule has 0 heteroatoms. The number of hydrogen-bond acceptors (Lipinski definition) is 0. The average Bonchev–Trinajstić information content (AvgIpc) is 2.24. The van der Waals surface area contributed by atoms with Gasteiger partial charge in [0.2, 0.25) is 0 Å². The highest BCUT2D eigenvalue weighted by Gasteiger charge is 2.20. The molecule has 1 aliphatic carbocycles. The summed E-state index contributed by atoms with van der Waals surface area (Å²) in [7, 11) is 0. The molecule has 0 heterocycles. The first kappa shape index (κ1) is 17.0. The summed E-state index contributed by atoms with van der Waals surface area (Å²) >= 11 is 0. The second kappa shape index (κ2) is 9.97. The second-order valence-electron chi connectivity index (χ2n) is 6.76. The van der Waals surface area contributed by atoms with Gasteiger partial charge in [-0.2, -0.15) is 0 Å². The van der Waals surface area contributed by atoms with Crippen LogP contribution in [0.25, 0.3) is 0 Å². The zero-order chi connectivity index (χ0) is 13.1. The van der Waals surface area contributed by atoms with E-state index in [0.29, 0.717) is 5.41 Å². The van der Waals surface area contributed by atoms with Crippen LogP contribution >= 0.6 is 0 Å². The van der Waals surface area contributed by atoms with E-state index in [1.54, 1.807) is 0 Å². The molecule has 0 aliphatic heterocycles. The zero-order valence-corrected chi connectivity index (χ0v) is 13.1. The van der Waals surface area contributed by atoms with Crippen molar-refractivity contribution in [2.75, 3.05) is 0 Å². The molecule has 0 bridgehead atoms. The minimum Gasteiger partial charge on any atom is -0.0654 e. The molecule has 0 aromatic heterocycles. The maximum atomic E-state index is 2.42. The van der Waals surface area contributed by atoms with Gasteiger partial charge in [-0.1, -0.05) is 86.0 Å². The van der Waals surface area contributed by atoms with Gasteiger partial charge in [-0.3, -0.25) is 0 Å². The molecule has 1 fully saturated rings. The molecule has 104 valence electrons. The largest absolute Gasteiger partial charge is 0.0654 e. The molecule has 1 aliphatic rings. The van der Waals surface area contributed by atoms with Gasteiger partial charge in [-0.25, -0.2) is 0 Å². The van der Waals surface area contributed by atoms with Crippen molar-refractivity contribution in [1.82, 2.24) is 0 Å². The van der Waals surface area contributed by atoms with Gasteiger partial charge in [0.05, 0.1) is 0 Å². The topological polar surface area (TPSA) is 0 Å². The van der Waals surface area contributed by atoms with Gasteiger partial charge in [0.1, 0.15) is 0 Å². The quantitative estimate of drug-likeness (QED) is 0.488. The Hall–Kier alpha value is 0. The fraction of sp³-hybridized carbons (Fsp3) is 1.00. The number of hydrogen-bond donors (Lipinski definition) is 0. The Balaban J connectivity index is 0.000000366. The van der Waals surface area contributed by atoms with Crippen molar-refractivity contribution in [1.29, 1.82) is 0 Å². The Labute approximate surface area is 111 Å². The molecule has 0 saturated heterocycles. The van der Waals surface area contributed by atoms with E-state index in [4.69, 9.17) is 0 Å². The highest BCUT2D eigenvalue weighted by atomic mass is 14.3. The fourth-order valence-corrected chi connectivity index (χ4v) is 2.63. The van der Waals surface area contributed by atoms with E-state index in [-0.39, 0.29) is 0 Å². The lowest BCUT2D eigenvalue weighted by atomic mass is 9.78. The van der Waals surface area contributed by atoms with Crippen LogP contribution in [0.15, 0.2) is 0 Å². The normalized spacial score (nSPS) is 21.0. The van der Waals surface area contributed by atoms with E-state index in [1.807, 2.05) is 0 Å². The molecule has 0 radical (unpaired) electrons. The molecule has 0 N–H and O–H groups in total. The Kier molecular flexibility index (Phi) is 9.97. The maximum Gasteiger partial charge on any atom is -0.0354 e. The number of unbranched alkanes of at least 4 members (excludes halogenated alkanes) is 3. The van der Waals surface area contributed by atoms with Gasteiger partial charge in [0.15, 0.2) is 0 Å². The molecular formula is C17H36. The van der Waals surface area contributed by atoms with E-state index < -0.39 is 0 Å². The summed E-state index contributed by atoms with van der Waals surface area (Å²) in [5.74, 6) is 0.992. The van der Waals surface area contributed by atoms with Gasteiger partial charge in [-0.05, 0) is 24.2 Å². The third-order valence-electron chi connectivity index (χ3n) is 4.06. The van der Waals surface area contributed by atoms with Crippen molar-refractivity contribution in [3.05, 3.63) is 0 Å². The molecule has 0 aromatic carbocycles.